The summed E-state index contributed by atoms with van der Waals surface area (Å²) >= 11 is 3.30. The Labute approximate surface area is 124 Å². The van der Waals surface area contributed by atoms with Crippen LogP contribution in [0.1, 0.15) is 15.9 Å². The monoisotopic (exact) mass is 331 g/mol. The molecule has 1 aromatic carbocycles. The van der Waals surface area contributed by atoms with E-state index in [0.717, 1.165) is 4.47 Å². The lowest BCUT2D eigenvalue weighted by molar-refractivity contribution is 0.102. The fourth-order valence-electron chi connectivity index (χ4n) is 1.63. The van der Waals surface area contributed by atoms with Crippen LogP contribution in [0.3, 0.4) is 0 Å². The Bertz CT molecular complexity index is 695. The molecule has 0 aliphatic rings. The van der Waals surface area contributed by atoms with Crippen LogP contribution in [-0.2, 0) is 0 Å². The maximum Gasteiger partial charge on any atom is 0.261 e. The van der Waals surface area contributed by atoms with Crippen molar-refractivity contribution >= 4 is 27.5 Å². The summed E-state index contributed by atoms with van der Waals surface area (Å²) in [5, 5.41) is 11.7. The van der Waals surface area contributed by atoms with E-state index >= 15 is 0 Å². The molecule has 1 amide bonds. The van der Waals surface area contributed by atoms with E-state index in [2.05, 4.69) is 26.2 Å². The van der Waals surface area contributed by atoms with Crippen LogP contribution >= 0.6 is 15.9 Å². The number of hydrogen-bond donors (Lipinski definition) is 1. The quantitative estimate of drug-likeness (QED) is 0.938. The van der Waals surface area contributed by atoms with Gasteiger partial charge in [-0.15, -0.1) is 0 Å². The fraction of sp³-hybridized carbons (Fsp3) is 0.0714. The predicted octanol–water partition coefficient (Wildman–Crippen LogP) is 2.98. The number of nitrogens with zero attached hydrogens (tertiary/aromatic N) is 2. The molecule has 6 heteroatoms. The standard InChI is InChI=1S/C14H10BrN3O2/c1-20-14-11(3-2-6-17-14)13(19)18-12-7-10(15)5-4-9(12)8-16/h2-7H,1H3,(H,18,19). The molecule has 5 nitrogen and oxygen atoms in total. The summed E-state index contributed by atoms with van der Waals surface area (Å²) in [6, 6.07) is 10.3. The van der Waals surface area contributed by atoms with Gasteiger partial charge in [-0.05, 0) is 30.3 Å². The van der Waals surface area contributed by atoms with Crippen LogP contribution in [0.5, 0.6) is 5.88 Å². The molecule has 0 fully saturated rings. The smallest absolute Gasteiger partial charge is 0.261 e. The number of aromatic nitrogens is 1. The van der Waals surface area contributed by atoms with Crippen LogP contribution in [0.25, 0.3) is 0 Å². The molecule has 1 heterocycles. The van der Waals surface area contributed by atoms with Crippen molar-refractivity contribution in [2.75, 3.05) is 12.4 Å². The normalized spacial score (nSPS) is 9.65. The summed E-state index contributed by atoms with van der Waals surface area (Å²) in [5.74, 6) is -0.150. The minimum atomic E-state index is -0.385. The number of hydrogen-bond acceptors (Lipinski definition) is 4. The topological polar surface area (TPSA) is 75.0 Å². The van der Waals surface area contributed by atoms with Crippen molar-refractivity contribution in [3.8, 4) is 11.9 Å². The molecule has 0 radical (unpaired) electrons. The molecule has 2 rings (SSSR count). The Morgan fingerprint density at radius 2 is 2.25 bits per heavy atom. The molecule has 0 bridgehead atoms. The number of carbonyl (C=O) groups excluding carboxylic acids is 1. The van der Waals surface area contributed by atoms with E-state index in [1.165, 1.54) is 13.3 Å². The minimum Gasteiger partial charge on any atom is -0.480 e. The van der Waals surface area contributed by atoms with E-state index in [-0.39, 0.29) is 11.8 Å². The second-order valence-electron chi connectivity index (χ2n) is 3.82. The van der Waals surface area contributed by atoms with Gasteiger partial charge in [0.25, 0.3) is 5.91 Å². The van der Waals surface area contributed by atoms with Gasteiger partial charge in [0, 0.05) is 10.7 Å². The Morgan fingerprint density at radius 1 is 1.45 bits per heavy atom. The highest BCUT2D eigenvalue weighted by Gasteiger charge is 2.14. The van der Waals surface area contributed by atoms with Crippen LogP contribution in [0, 0.1) is 11.3 Å². The lowest BCUT2D eigenvalue weighted by atomic mass is 10.2. The molecule has 0 aliphatic heterocycles. The lowest BCUT2D eigenvalue weighted by Crippen LogP contribution is -2.14. The summed E-state index contributed by atoms with van der Waals surface area (Å²) in [6.45, 7) is 0. The molecule has 0 spiro atoms. The SMILES string of the molecule is COc1ncccc1C(=O)Nc1cc(Br)ccc1C#N. The molecule has 0 saturated carbocycles. The van der Waals surface area contributed by atoms with Crippen molar-refractivity contribution in [3.05, 3.63) is 52.1 Å². The molecule has 0 unspecified atom stereocenters. The van der Waals surface area contributed by atoms with E-state index in [0.29, 0.717) is 16.8 Å². The number of nitrogens with one attached hydrogen (secondary N) is 1. The highest BCUT2D eigenvalue weighted by Crippen LogP contribution is 2.22. The minimum absolute atomic E-state index is 0.235. The number of anilines is 1. The van der Waals surface area contributed by atoms with Gasteiger partial charge in [0.05, 0.1) is 18.4 Å². The summed E-state index contributed by atoms with van der Waals surface area (Å²) in [4.78, 5) is 16.2. The molecule has 0 atom stereocenters. The van der Waals surface area contributed by atoms with Gasteiger partial charge in [-0.25, -0.2) is 4.98 Å². The number of rotatable bonds is 3. The molecule has 0 saturated heterocycles. The zero-order valence-corrected chi connectivity index (χ0v) is 12.1. The number of nitriles is 1. The van der Waals surface area contributed by atoms with E-state index in [9.17, 15) is 4.79 Å². The van der Waals surface area contributed by atoms with Crippen molar-refractivity contribution in [2.45, 2.75) is 0 Å². The van der Waals surface area contributed by atoms with E-state index < -0.39 is 0 Å². The highest BCUT2D eigenvalue weighted by molar-refractivity contribution is 9.10. The van der Waals surface area contributed by atoms with Crippen LogP contribution in [-0.4, -0.2) is 18.0 Å². The van der Waals surface area contributed by atoms with Crippen molar-refractivity contribution in [1.82, 2.24) is 4.98 Å². The van der Waals surface area contributed by atoms with Gasteiger partial charge in [-0.2, -0.15) is 5.26 Å². The van der Waals surface area contributed by atoms with Gasteiger partial charge in [0.15, 0.2) is 0 Å². The summed E-state index contributed by atoms with van der Waals surface area (Å²) < 4.78 is 5.81. The fourth-order valence-corrected chi connectivity index (χ4v) is 1.99. The zero-order chi connectivity index (χ0) is 14.5. The number of pyridine rings is 1. The first kappa shape index (κ1) is 14.0. The number of amides is 1. The molecule has 1 aromatic heterocycles. The number of carbonyl (C=O) groups is 1. The van der Waals surface area contributed by atoms with Gasteiger partial charge in [0.2, 0.25) is 5.88 Å². The largest absolute Gasteiger partial charge is 0.480 e. The number of halogens is 1. The molecular weight excluding hydrogens is 322 g/mol. The van der Waals surface area contributed by atoms with E-state index in [1.54, 1.807) is 30.3 Å². The van der Waals surface area contributed by atoms with Gasteiger partial charge in [-0.1, -0.05) is 15.9 Å². The first-order valence-electron chi connectivity index (χ1n) is 5.65. The third-order valence-electron chi connectivity index (χ3n) is 2.56. The first-order chi connectivity index (χ1) is 9.65. The van der Waals surface area contributed by atoms with Crippen LogP contribution in [0.2, 0.25) is 0 Å². The zero-order valence-electron chi connectivity index (χ0n) is 10.6. The number of methoxy groups -OCH3 is 1. The Morgan fingerprint density at radius 3 is 2.95 bits per heavy atom. The van der Waals surface area contributed by atoms with Crippen molar-refractivity contribution in [2.24, 2.45) is 0 Å². The summed E-state index contributed by atoms with van der Waals surface area (Å²) in [5.41, 5.74) is 1.11. The average Bonchev–Trinajstić information content (AvgIpc) is 2.47. The molecular formula is C14H10BrN3O2. The molecule has 20 heavy (non-hydrogen) atoms. The Hall–Kier alpha value is -2.39. The third kappa shape index (κ3) is 2.95. The number of benzene rings is 1. The van der Waals surface area contributed by atoms with Gasteiger partial charge in [0.1, 0.15) is 11.6 Å². The molecule has 1 N–H and O–H groups in total. The second kappa shape index (κ2) is 6.17. The second-order valence-corrected chi connectivity index (χ2v) is 4.73. The van der Waals surface area contributed by atoms with Gasteiger partial charge >= 0.3 is 0 Å². The molecule has 0 aliphatic carbocycles. The maximum atomic E-state index is 12.2. The van der Waals surface area contributed by atoms with Crippen molar-refractivity contribution < 1.29 is 9.53 Å². The molecule has 2 aromatic rings. The van der Waals surface area contributed by atoms with Crippen molar-refractivity contribution in [3.63, 3.8) is 0 Å². The molecule has 100 valence electrons. The summed E-state index contributed by atoms with van der Waals surface area (Å²) in [6.07, 6.45) is 1.54. The summed E-state index contributed by atoms with van der Waals surface area (Å²) in [7, 11) is 1.44. The first-order valence-corrected chi connectivity index (χ1v) is 6.45. The van der Waals surface area contributed by atoms with Gasteiger partial charge in [-0.3, -0.25) is 4.79 Å². The Kier molecular flexibility index (Phi) is 4.33. The van der Waals surface area contributed by atoms with E-state index in [4.69, 9.17) is 10.00 Å². The van der Waals surface area contributed by atoms with Crippen LogP contribution in [0.15, 0.2) is 41.0 Å². The lowest BCUT2D eigenvalue weighted by Gasteiger charge is -2.09. The average molecular weight is 332 g/mol. The van der Waals surface area contributed by atoms with Crippen LogP contribution in [0.4, 0.5) is 5.69 Å². The van der Waals surface area contributed by atoms with Crippen LogP contribution < -0.4 is 10.1 Å². The number of ether oxygens (including phenoxy) is 1. The third-order valence-corrected chi connectivity index (χ3v) is 3.05. The Balaban J connectivity index is 2.33. The van der Waals surface area contributed by atoms with Crippen molar-refractivity contribution in [1.29, 1.82) is 5.26 Å². The van der Waals surface area contributed by atoms with Gasteiger partial charge < -0.3 is 10.1 Å². The predicted molar refractivity (Wildman–Crippen MR) is 77.6 cm³/mol. The van der Waals surface area contributed by atoms with E-state index in [1.807, 2.05) is 6.07 Å². The maximum absolute atomic E-state index is 12.2. The highest BCUT2D eigenvalue weighted by atomic mass is 79.9.